The molecule has 1 aromatic heterocycles. The third kappa shape index (κ3) is 5.06. The second-order valence-electron chi connectivity index (χ2n) is 5.82. The Labute approximate surface area is 180 Å². The van der Waals surface area contributed by atoms with Gasteiger partial charge in [0, 0.05) is 29.9 Å². The quantitative estimate of drug-likeness (QED) is 0.310. The normalized spacial score (nSPS) is 10.7. The molecule has 29 heavy (non-hydrogen) atoms. The number of nitro groups is 1. The van der Waals surface area contributed by atoms with Crippen LogP contribution < -0.4 is 5.32 Å². The summed E-state index contributed by atoms with van der Waals surface area (Å²) >= 11 is 13.3. The van der Waals surface area contributed by atoms with Gasteiger partial charge < -0.3 is 9.88 Å². The number of benzene rings is 2. The maximum absolute atomic E-state index is 12.2. The summed E-state index contributed by atoms with van der Waals surface area (Å²) in [5.74, 6) is 0.382. The first-order chi connectivity index (χ1) is 13.9. The summed E-state index contributed by atoms with van der Waals surface area (Å²) in [6.45, 7) is 2.54. The first kappa shape index (κ1) is 21.1. The van der Waals surface area contributed by atoms with E-state index in [4.69, 9.17) is 23.2 Å². The summed E-state index contributed by atoms with van der Waals surface area (Å²) in [7, 11) is 0. The minimum atomic E-state index is -0.515. The molecule has 0 aliphatic rings. The zero-order valence-electron chi connectivity index (χ0n) is 15.1. The Kier molecular flexibility index (Phi) is 6.73. The Bertz CT molecular complexity index is 1070. The minimum absolute atomic E-state index is 0.0716. The standard InChI is InChI=1S/C18H15Cl2N5O3S/c1-2-24-17(11-6-7-14(19)15(20)8-11)22-23-18(24)29-10-16(26)21-12-4-3-5-13(9-12)25(27)28/h3-9H,2,10H2,1H3,(H,21,26). The highest BCUT2D eigenvalue weighted by Gasteiger charge is 2.16. The molecule has 0 unspecified atom stereocenters. The van der Waals surface area contributed by atoms with Gasteiger partial charge in [-0.25, -0.2) is 0 Å². The lowest BCUT2D eigenvalue weighted by atomic mass is 10.2. The highest BCUT2D eigenvalue weighted by Crippen LogP contribution is 2.29. The zero-order chi connectivity index (χ0) is 21.0. The van der Waals surface area contributed by atoms with Crippen LogP contribution in [-0.4, -0.2) is 31.3 Å². The number of nitrogens with one attached hydrogen (secondary N) is 1. The fourth-order valence-electron chi connectivity index (χ4n) is 2.55. The van der Waals surface area contributed by atoms with Crippen molar-refractivity contribution in [3.05, 3.63) is 62.6 Å². The van der Waals surface area contributed by atoms with Crippen LogP contribution in [0.3, 0.4) is 0 Å². The van der Waals surface area contributed by atoms with Gasteiger partial charge in [-0.3, -0.25) is 14.9 Å². The number of anilines is 1. The SMILES string of the molecule is CCn1c(SCC(=O)Nc2cccc([N+](=O)[O-])c2)nnc1-c1ccc(Cl)c(Cl)c1. The predicted molar refractivity (Wildman–Crippen MR) is 114 cm³/mol. The molecule has 0 spiro atoms. The molecular weight excluding hydrogens is 437 g/mol. The highest BCUT2D eigenvalue weighted by molar-refractivity contribution is 7.99. The van der Waals surface area contributed by atoms with Crippen molar-refractivity contribution in [3.63, 3.8) is 0 Å². The monoisotopic (exact) mass is 451 g/mol. The summed E-state index contributed by atoms with van der Waals surface area (Å²) in [6.07, 6.45) is 0. The molecule has 11 heteroatoms. The fraction of sp³-hybridized carbons (Fsp3) is 0.167. The van der Waals surface area contributed by atoms with Crippen LogP contribution in [-0.2, 0) is 11.3 Å². The lowest BCUT2D eigenvalue weighted by Crippen LogP contribution is -2.14. The third-order valence-electron chi connectivity index (χ3n) is 3.88. The molecule has 0 saturated heterocycles. The van der Waals surface area contributed by atoms with Gasteiger partial charge in [-0.2, -0.15) is 0 Å². The molecule has 0 bridgehead atoms. The topological polar surface area (TPSA) is 103 Å². The summed E-state index contributed by atoms with van der Waals surface area (Å²) < 4.78 is 1.87. The van der Waals surface area contributed by atoms with E-state index in [1.807, 2.05) is 11.5 Å². The predicted octanol–water partition coefficient (Wildman–Crippen LogP) is 4.91. The number of halogens is 2. The van der Waals surface area contributed by atoms with Gasteiger partial charge in [-0.05, 0) is 31.2 Å². The second-order valence-corrected chi connectivity index (χ2v) is 7.58. The number of nitrogens with zero attached hydrogens (tertiary/aromatic N) is 4. The summed E-state index contributed by atoms with van der Waals surface area (Å²) in [4.78, 5) is 22.6. The van der Waals surface area contributed by atoms with Gasteiger partial charge in [0.25, 0.3) is 5.69 Å². The van der Waals surface area contributed by atoms with Crippen LogP contribution in [0.15, 0.2) is 47.6 Å². The van der Waals surface area contributed by atoms with Crippen molar-refractivity contribution in [2.24, 2.45) is 0 Å². The Balaban J connectivity index is 1.70. The molecule has 0 saturated carbocycles. The molecule has 3 aromatic rings. The molecule has 0 radical (unpaired) electrons. The van der Waals surface area contributed by atoms with Crippen molar-refractivity contribution in [3.8, 4) is 11.4 Å². The van der Waals surface area contributed by atoms with Crippen molar-refractivity contribution in [1.29, 1.82) is 0 Å². The molecule has 150 valence electrons. The van der Waals surface area contributed by atoms with E-state index in [2.05, 4.69) is 15.5 Å². The maximum atomic E-state index is 12.2. The van der Waals surface area contributed by atoms with Crippen molar-refractivity contribution >= 4 is 52.2 Å². The van der Waals surface area contributed by atoms with Crippen LogP contribution >= 0.6 is 35.0 Å². The minimum Gasteiger partial charge on any atom is -0.325 e. The fourth-order valence-corrected chi connectivity index (χ4v) is 3.65. The number of nitro benzene ring substituents is 1. The molecule has 0 aliphatic carbocycles. The van der Waals surface area contributed by atoms with E-state index in [1.54, 1.807) is 24.3 Å². The van der Waals surface area contributed by atoms with Crippen LogP contribution in [0.5, 0.6) is 0 Å². The molecule has 8 nitrogen and oxygen atoms in total. The van der Waals surface area contributed by atoms with Gasteiger partial charge in [0.1, 0.15) is 0 Å². The molecule has 0 atom stereocenters. The number of carbonyl (C=O) groups excluding carboxylic acids is 1. The van der Waals surface area contributed by atoms with Crippen LogP contribution in [0.1, 0.15) is 6.92 Å². The number of amides is 1. The average molecular weight is 452 g/mol. The molecule has 0 fully saturated rings. The molecule has 1 N–H and O–H groups in total. The zero-order valence-corrected chi connectivity index (χ0v) is 17.5. The molecule has 1 amide bonds. The van der Waals surface area contributed by atoms with E-state index in [9.17, 15) is 14.9 Å². The van der Waals surface area contributed by atoms with Gasteiger partial charge in [-0.15, -0.1) is 10.2 Å². The molecule has 0 aliphatic heterocycles. The molecule has 1 heterocycles. The first-order valence-electron chi connectivity index (χ1n) is 8.44. The van der Waals surface area contributed by atoms with E-state index in [-0.39, 0.29) is 17.3 Å². The number of rotatable bonds is 7. The van der Waals surface area contributed by atoms with Gasteiger partial charge >= 0.3 is 0 Å². The number of non-ortho nitro benzene ring substituents is 1. The lowest BCUT2D eigenvalue weighted by Gasteiger charge is -2.08. The third-order valence-corrected chi connectivity index (χ3v) is 5.59. The first-order valence-corrected chi connectivity index (χ1v) is 10.2. The van der Waals surface area contributed by atoms with Gasteiger partial charge in [0.15, 0.2) is 11.0 Å². The van der Waals surface area contributed by atoms with Crippen LogP contribution in [0.4, 0.5) is 11.4 Å². The summed E-state index contributed by atoms with van der Waals surface area (Å²) in [5.41, 5.74) is 1.03. The summed E-state index contributed by atoms with van der Waals surface area (Å²) in [6, 6.07) is 11.0. The van der Waals surface area contributed by atoms with Crippen LogP contribution in [0, 0.1) is 10.1 Å². The number of carbonyl (C=O) groups is 1. The van der Waals surface area contributed by atoms with Crippen molar-refractivity contribution < 1.29 is 9.72 Å². The molecular formula is C18H15Cl2N5O3S. The van der Waals surface area contributed by atoms with E-state index in [0.717, 1.165) is 5.56 Å². The van der Waals surface area contributed by atoms with Crippen LogP contribution in [0.25, 0.3) is 11.4 Å². The Morgan fingerprint density at radius 1 is 1.21 bits per heavy atom. The van der Waals surface area contributed by atoms with Gasteiger partial charge in [0.2, 0.25) is 5.91 Å². The van der Waals surface area contributed by atoms with Crippen molar-refractivity contribution in [1.82, 2.24) is 14.8 Å². The Morgan fingerprint density at radius 3 is 2.69 bits per heavy atom. The molecule has 2 aromatic carbocycles. The number of hydrogen-bond donors (Lipinski definition) is 1. The number of thioether (sulfide) groups is 1. The Morgan fingerprint density at radius 2 is 2.00 bits per heavy atom. The van der Waals surface area contributed by atoms with Gasteiger partial charge in [0.05, 0.1) is 20.7 Å². The maximum Gasteiger partial charge on any atom is 0.271 e. The van der Waals surface area contributed by atoms with E-state index < -0.39 is 4.92 Å². The van der Waals surface area contributed by atoms with Crippen molar-refractivity contribution in [2.75, 3.05) is 11.1 Å². The highest BCUT2D eigenvalue weighted by atomic mass is 35.5. The average Bonchev–Trinajstić information content (AvgIpc) is 3.11. The summed E-state index contributed by atoms with van der Waals surface area (Å²) in [5, 5.41) is 23.3. The molecule has 3 rings (SSSR count). The Hall–Kier alpha value is -2.62. The number of hydrogen-bond acceptors (Lipinski definition) is 6. The van der Waals surface area contributed by atoms with E-state index in [1.165, 1.54) is 30.0 Å². The van der Waals surface area contributed by atoms with Gasteiger partial charge in [-0.1, -0.05) is 41.0 Å². The van der Waals surface area contributed by atoms with Crippen molar-refractivity contribution in [2.45, 2.75) is 18.6 Å². The lowest BCUT2D eigenvalue weighted by molar-refractivity contribution is -0.384. The largest absolute Gasteiger partial charge is 0.325 e. The second kappa shape index (κ2) is 9.25. The smallest absolute Gasteiger partial charge is 0.271 e. The van der Waals surface area contributed by atoms with E-state index in [0.29, 0.717) is 33.3 Å². The van der Waals surface area contributed by atoms with Crippen LogP contribution in [0.2, 0.25) is 10.0 Å². The van der Waals surface area contributed by atoms with E-state index >= 15 is 0 Å². The number of aromatic nitrogens is 3.